The van der Waals surface area contributed by atoms with Crippen molar-refractivity contribution in [1.82, 2.24) is 25.6 Å². The number of nitrogens with one attached hydrogen (secondary N) is 2. The lowest BCUT2D eigenvalue weighted by Crippen LogP contribution is -2.38. The number of fused-ring (bicyclic) bond motifs is 2. The third-order valence-corrected chi connectivity index (χ3v) is 4.94. The number of hydrogen-bond donors (Lipinski definition) is 2. The number of hydrogen-bond acceptors (Lipinski definition) is 4. The first-order valence-corrected chi connectivity index (χ1v) is 7.19. The lowest BCUT2D eigenvalue weighted by atomic mass is 9.89. The zero-order valence-corrected chi connectivity index (χ0v) is 10.9. The first kappa shape index (κ1) is 11.4. The summed E-state index contributed by atoms with van der Waals surface area (Å²) in [5, 5.41) is 14.3. The molecule has 2 fully saturated rings. The Morgan fingerprint density at radius 2 is 2.05 bits per heavy atom. The molecule has 0 bridgehead atoms. The van der Waals surface area contributed by atoms with E-state index in [9.17, 15) is 4.79 Å². The maximum Gasteiger partial charge on any atom is 0.226 e. The van der Waals surface area contributed by atoms with Crippen LogP contribution >= 0.6 is 0 Å². The molecule has 3 heterocycles. The van der Waals surface area contributed by atoms with Crippen LogP contribution in [0.1, 0.15) is 17.8 Å². The molecule has 0 saturated carbocycles. The monoisotopic (exact) mass is 261 g/mol. The van der Waals surface area contributed by atoms with Crippen molar-refractivity contribution in [1.29, 1.82) is 0 Å². The molecule has 19 heavy (non-hydrogen) atoms. The van der Waals surface area contributed by atoms with E-state index in [4.69, 9.17) is 0 Å². The summed E-state index contributed by atoms with van der Waals surface area (Å²) in [5.41, 5.74) is 2.11. The van der Waals surface area contributed by atoms with Gasteiger partial charge in [0.1, 0.15) is 0 Å². The Kier molecular flexibility index (Phi) is 2.58. The van der Waals surface area contributed by atoms with Crippen molar-refractivity contribution in [2.75, 3.05) is 26.2 Å². The number of carbonyl (C=O) groups excluding carboxylic acids is 1. The second kappa shape index (κ2) is 4.30. The predicted molar refractivity (Wildman–Crippen MR) is 68.3 cm³/mol. The molecule has 1 unspecified atom stereocenters. The Balaban J connectivity index is 1.44. The molecular weight excluding hydrogens is 242 g/mol. The molecule has 2 saturated heterocycles. The minimum absolute atomic E-state index is 0.115. The third-order valence-electron chi connectivity index (χ3n) is 4.94. The van der Waals surface area contributed by atoms with Gasteiger partial charge in [0.15, 0.2) is 0 Å². The largest absolute Gasteiger partial charge is 0.342 e. The van der Waals surface area contributed by atoms with Gasteiger partial charge in [-0.15, -0.1) is 5.10 Å². The van der Waals surface area contributed by atoms with E-state index in [0.29, 0.717) is 17.7 Å². The van der Waals surface area contributed by atoms with Gasteiger partial charge in [-0.2, -0.15) is 0 Å². The van der Waals surface area contributed by atoms with Crippen LogP contribution in [0.2, 0.25) is 0 Å². The average molecular weight is 261 g/mol. The molecular formula is C13H19N5O. The lowest BCUT2D eigenvalue weighted by molar-refractivity contribution is -0.135. The second-order valence-electron chi connectivity index (χ2n) is 6.10. The molecule has 0 aromatic carbocycles. The number of amides is 1. The van der Waals surface area contributed by atoms with Crippen LogP contribution in [0, 0.1) is 17.8 Å². The average Bonchev–Trinajstić information content (AvgIpc) is 3.11. The van der Waals surface area contributed by atoms with Crippen molar-refractivity contribution in [3.8, 4) is 0 Å². The van der Waals surface area contributed by atoms with E-state index in [1.54, 1.807) is 0 Å². The summed E-state index contributed by atoms with van der Waals surface area (Å²) in [6, 6.07) is 0. The first-order chi connectivity index (χ1) is 9.31. The third kappa shape index (κ3) is 1.85. The summed E-state index contributed by atoms with van der Waals surface area (Å²) in [5.74, 6) is 1.80. The van der Waals surface area contributed by atoms with E-state index < -0.39 is 0 Å². The predicted octanol–water partition coefficient (Wildman–Crippen LogP) is -0.413. The van der Waals surface area contributed by atoms with Gasteiger partial charge < -0.3 is 10.2 Å². The Morgan fingerprint density at radius 1 is 1.26 bits per heavy atom. The maximum absolute atomic E-state index is 12.6. The number of H-pyrrole nitrogens is 1. The summed E-state index contributed by atoms with van der Waals surface area (Å²) in [7, 11) is 0. The summed E-state index contributed by atoms with van der Waals surface area (Å²) in [6.07, 6.45) is 2.59. The number of aryl methyl sites for hydroxylation is 1. The van der Waals surface area contributed by atoms with Crippen LogP contribution in [0.3, 0.4) is 0 Å². The molecule has 102 valence electrons. The van der Waals surface area contributed by atoms with Crippen LogP contribution in [0.5, 0.6) is 0 Å². The van der Waals surface area contributed by atoms with Crippen LogP contribution in [0.25, 0.3) is 0 Å². The number of aromatic amines is 1. The number of rotatable bonds is 1. The molecule has 1 aromatic rings. The number of aromatic nitrogens is 3. The Labute approximate surface area is 111 Å². The van der Waals surface area contributed by atoms with Gasteiger partial charge in [-0.25, -0.2) is 0 Å². The van der Waals surface area contributed by atoms with E-state index >= 15 is 0 Å². The molecule has 3 atom stereocenters. The normalized spacial score (nSPS) is 33.3. The number of nitrogens with zero attached hydrogens (tertiary/aromatic N) is 3. The highest BCUT2D eigenvalue weighted by atomic mass is 16.2. The van der Waals surface area contributed by atoms with E-state index in [1.807, 2.05) is 0 Å². The Morgan fingerprint density at radius 3 is 2.84 bits per heavy atom. The summed E-state index contributed by atoms with van der Waals surface area (Å²) < 4.78 is 0. The molecule has 6 heteroatoms. The fraction of sp³-hybridized carbons (Fsp3) is 0.769. The molecule has 1 amide bonds. The molecule has 3 aliphatic rings. The van der Waals surface area contributed by atoms with Crippen molar-refractivity contribution in [3.05, 3.63) is 11.4 Å². The molecule has 1 aliphatic carbocycles. The smallest absolute Gasteiger partial charge is 0.226 e. The SMILES string of the molecule is O=C(C1CCc2[nH]nnc2C1)N1C[C@H]2CNC[C@@H]2C1. The quantitative estimate of drug-likeness (QED) is 0.720. The van der Waals surface area contributed by atoms with Gasteiger partial charge >= 0.3 is 0 Å². The van der Waals surface area contributed by atoms with Crippen LogP contribution in [0.15, 0.2) is 0 Å². The Bertz CT molecular complexity index is 487. The van der Waals surface area contributed by atoms with E-state index in [2.05, 4.69) is 25.6 Å². The summed E-state index contributed by atoms with van der Waals surface area (Å²) in [4.78, 5) is 14.7. The van der Waals surface area contributed by atoms with Crippen molar-refractivity contribution in [2.24, 2.45) is 17.8 Å². The van der Waals surface area contributed by atoms with Gasteiger partial charge in [0, 0.05) is 38.5 Å². The zero-order valence-electron chi connectivity index (χ0n) is 10.9. The molecule has 4 rings (SSSR count). The van der Waals surface area contributed by atoms with Gasteiger partial charge in [0.05, 0.1) is 11.4 Å². The van der Waals surface area contributed by atoms with E-state index in [0.717, 1.165) is 56.8 Å². The molecule has 1 aromatic heterocycles. The maximum atomic E-state index is 12.6. The number of carbonyl (C=O) groups is 1. The topological polar surface area (TPSA) is 73.9 Å². The summed E-state index contributed by atoms with van der Waals surface area (Å²) in [6.45, 7) is 4.04. The van der Waals surface area contributed by atoms with Crippen LogP contribution in [-0.4, -0.2) is 52.4 Å². The van der Waals surface area contributed by atoms with Gasteiger partial charge in [-0.05, 0) is 24.7 Å². The standard InChI is InChI=1S/C13H19N5O/c19-13(18-6-9-4-14-5-10(9)7-18)8-1-2-11-12(3-8)16-17-15-11/h8-10,14H,1-7H2,(H,15,16,17)/t8?,9-,10-/m1/s1. The zero-order chi connectivity index (χ0) is 12.8. The fourth-order valence-electron chi connectivity index (χ4n) is 3.79. The minimum Gasteiger partial charge on any atom is -0.342 e. The van der Waals surface area contributed by atoms with Crippen molar-refractivity contribution >= 4 is 5.91 Å². The van der Waals surface area contributed by atoms with Gasteiger partial charge in [-0.1, -0.05) is 5.21 Å². The van der Waals surface area contributed by atoms with Crippen LogP contribution < -0.4 is 5.32 Å². The van der Waals surface area contributed by atoms with Gasteiger partial charge in [0.25, 0.3) is 0 Å². The molecule has 2 N–H and O–H groups in total. The fourth-order valence-corrected chi connectivity index (χ4v) is 3.79. The van der Waals surface area contributed by atoms with Crippen LogP contribution in [0.4, 0.5) is 0 Å². The van der Waals surface area contributed by atoms with Gasteiger partial charge in [-0.3, -0.25) is 9.89 Å². The summed E-state index contributed by atoms with van der Waals surface area (Å²) >= 11 is 0. The van der Waals surface area contributed by atoms with Crippen molar-refractivity contribution < 1.29 is 4.79 Å². The minimum atomic E-state index is 0.115. The van der Waals surface area contributed by atoms with E-state index in [-0.39, 0.29) is 5.92 Å². The highest BCUT2D eigenvalue weighted by Gasteiger charge is 2.40. The highest BCUT2D eigenvalue weighted by molar-refractivity contribution is 5.79. The van der Waals surface area contributed by atoms with Crippen molar-refractivity contribution in [3.63, 3.8) is 0 Å². The molecule has 2 aliphatic heterocycles. The molecule has 6 nitrogen and oxygen atoms in total. The van der Waals surface area contributed by atoms with E-state index in [1.165, 1.54) is 0 Å². The second-order valence-corrected chi connectivity index (χ2v) is 6.10. The molecule has 0 radical (unpaired) electrons. The lowest BCUT2D eigenvalue weighted by Gasteiger charge is -2.26. The first-order valence-electron chi connectivity index (χ1n) is 7.19. The van der Waals surface area contributed by atoms with Gasteiger partial charge in [0.2, 0.25) is 5.91 Å². The van der Waals surface area contributed by atoms with Crippen LogP contribution in [-0.2, 0) is 17.6 Å². The number of likely N-dealkylation sites (tertiary alicyclic amines) is 1. The highest BCUT2D eigenvalue weighted by Crippen LogP contribution is 2.30. The molecule has 0 spiro atoms. The Hall–Kier alpha value is -1.43. The van der Waals surface area contributed by atoms with Crippen molar-refractivity contribution in [2.45, 2.75) is 19.3 Å².